The zero-order chi connectivity index (χ0) is 33.6. The van der Waals surface area contributed by atoms with Crippen LogP contribution in [0.2, 0.25) is 0 Å². The number of ether oxygens (including phenoxy) is 3. The first-order valence-electron chi connectivity index (χ1n) is 15.6. The van der Waals surface area contributed by atoms with E-state index in [1.54, 1.807) is 74.9 Å². The number of rotatable bonds is 11. The van der Waals surface area contributed by atoms with Crippen LogP contribution in [-0.4, -0.2) is 75.5 Å². The number of hydrogen-bond donors (Lipinski definition) is 1. The summed E-state index contributed by atoms with van der Waals surface area (Å²) in [6.07, 6.45) is 0. The summed E-state index contributed by atoms with van der Waals surface area (Å²) in [4.78, 5) is 59.3. The average Bonchev–Trinajstić information content (AvgIpc) is 3.37. The van der Waals surface area contributed by atoms with Gasteiger partial charge in [0.15, 0.2) is 0 Å². The standard InChI is InChI=1S/C37H36N4O7/c1-46-29-15-7-25(8-16-29)23-41(33(42)24-40-32-6-4-3-5-31(32)35(43)37(40)45)34(26-9-17-30(47-2)18-10-26)36(44)38-27-11-13-28(14-12-27)39-19-21-48-22-20-39/h3-18,34H,19-24H2,1-2H3,(H,38,44). The van der Waals surface area contributed by atoms with Crippen molar-refractivity contribution >= 4 is 40.6 Å². The van der Waals surface area contributed by atoms with Crippen LogP contribution in [0, 0.1) is 0 Å². The molecule has 6 rings (SSSR count). The Balaban J connectivity index is 1.35. The van der Waals surface area contributed by atoms with Gasteiger partial charge in [-0.1, -0.05) is 36.4 Å². The quantitative estimate of drug-likeness (QED) is 0.237. The van der Waals surface area contributed by atoms with E-state index < -0.39 is 36.1 Å². The Kier molecular flexibility index (Phi) is 9.67. The average molecular weight is 649 g/mol. The van der Waals surface area contributed by atoms with Crippen molar-refractivity contribution in [3.63, 3.8) is 0 Å². The zero-order valence-corrected chi connectivity index (χ0v) is 26.8. The normalized spacial score (nSPS) is 14.7. The van der Waals surface area contributed by atoms with Crippen molar-refractivity contribution in [1.82, 2.24) is 4.90 Å². The SMILES string of the molecule is COc1ccc(CN(C(=O)CN2C(=O)C(=O)c3ccccc32)C(C(=O)Nc2ccc(N3CCOCC3)cc2)c2ccc(OC)cc2)cc1. The van der Waals surface area contributed by atoms with Crippen LogP contribution in [-0.2, 0) is 25.7 Å². The van der Waals surface area contributed by atoms with Crippen molar-refractivity contribution in [1.29, 1.82) is 0 Å². The van der Waals surface area contributed by atoms with E-state index in [9.17, 15) is 19.2 Å². The van der Waals surface area contributed by atoms with Crippen LogP contribution in [0.15, 0.2) is 97.1 Å². The fourth-order valence-corrected chi connectivity index (χ4v) is 5.93. The van der Waals surface area contributed by atoms with Gasteiger partial charge in [0.1, 0.15) is 24.1 Å². The minimum absolute atomic E-state index is 0.0283. The van der Waals surface area contributed by atoms with Crippen LogP contribution < -0.4 is 24.6 Å². The molecule has 0 bridgehead atoms. The third-order valence-electron chi connectivity index (χ3n) is 8.51. The maximum atomic E-state index is 14.4. The molecular formula is C37H36N4O7. The maximum absolute atomic E-state index is 14.4. The van der Waals surface area contributed by atoms with Gasteiger partial charge in [0, 0.05) is 31.0 Å². The number of hydrogen-bond acceptors (Lipinski definition) is 8. The van der Waals surface area contributed by atoms with Crippen LogP contribution in [0.4, 0.5) is 17.1 Å². The lowest BCUT2D eigenvalue weighted by atomic mass is 10.0. The molecule has 246 valence electrons. The van der Waals surface area contributed by atoms with Crippen molar-refractivity contribution in [2.24, 2.45) is 0 Å². The summed E-state index contributed by atoms with van der Waals surface area (Å²) in [7, 11) is 3.11. The van der Waals surface area contributed by atoms with Crippen LogP contribution in [0.3, 0.4) is 0 Å². The number of Topliss-reactive ketones (excluding diaryl/α,β-unsaturated/α-hetero) is 1. The van der Waals surface area contributed by atoms with Gasteiger partial charge in [-0.05, 0) is 71.8 Å². The van der Waals surface area contributed by atoms with Gasteiger partial charge in [-0.15, -0.1) is 0 Å². The number of carbonyl (C=O) groups is 4. The molecule has 0 spiro atoms. The van der Waals surface area contributed by atoms with E-state index in [0.29, 0.717) is 41.7 Å². The number of ketones is 1. The molecule has 4 aromatic rings. The monoisotopic (exact) mass is 648 g/mol. The molecule has 0 aromatic heterocycles. The van der Waals surface area contributed by atoms with E-state index in [1.807, 2.05) is 36.4 Å². The molecule has 1 atom stereocenters. The van der Waals surface area contributed by atoms with Crippen molar-refractivity contribution in [2.45, 2.75) is 12.6 Å². The summed E-state index contributed by atoms with van der Waals surface area (Å²) in [6.45, 7) is 2.46. The number of para-hydroxylation sites is 1. The second-order valence-electron chi connectivity index (χ2n) is 11.4. The van der Waals surface area contributed by atoms with E-state index in [-0.39, 0.29) is 12.1 Å². The molecule has 48 heavy (non-hydrogen) atoms. The van der Waals surface area contributed by atoms with E-state index in [4.69, 9.17) is 14.2 Å². The summed E-state index contributed by atoms with van der Waals surface area (Å²) in [6, 6.07) is 27.1. The minimum atomic E-state index is -1.12. The molecule has 2 heterocycles. The summed E-state index contributed by atoms with van der Waals surface area (Å²) in [5, 5.41) is 3.00. The largest absolute Gasteiger partial charge is 0.497 e. The third-order valence-corrected chi connectivity index (χ3v) is 8.51. The molecule has 2 aliphatic rings. The third kappa shape index (κ3) is 6.86. The molecule has 1 saturated heterocycles. The summed E-state index contributed by atoms with van der Waals surface area (Å²) in [5.41, 5.74) is 3.43. The topological polar surface area (TPSA) is 118 Å². The summed E-state index contributed by atoms with van der Waals surface area (Å²) in [5.74, 6) is -1.22. The second-order valence-corrected chi connectivity index (χ2v) is 11.4. The predicted octanol–water partition coefficient (Wildman–Crippen LogP) is 4.48. The van der Waals surface area contributed by atoms with E-state index >= 15 is 0 Å². The molecule has 0 saturated carbocycles. The number of benzene rings is 4. The van der Waals surface area contributed by atoms with Gasteiger partial charge in [0.05, 0.1) is 38.7 Å². The fourth-order valence-electron chi connectivity index (χ4n) is 5.93. The van der Waals surface area contributed by atoms with Gasteiger partial charge >= 0.3 is 0 Å². The molecule has 0 aliphatic carbocycles. The molecule has 4 aromatic carbocycles. The lowest BCUT2D eigenvalue weighted by Gasteiger charge is -2.33. The Morgan fingerprint density at radius 2 is 1.46 bits per heavy atom. The van der Waals surface area contributed by atoms with Crippen molar-refractivity contribution < 1.29 is 33.4 Å². The molecule has 2 aliphatic heterocycles. The number of anilines is 3. The molecule has 1 unspecified atom stereocenters. The molecule has 3 amide bonds. The van der Waals surface area contributed by atoms with Crippen LogP contribution in [0.1, 0.15) is 27.5 Å². The van der Waals surface area contributed by atoms with Gasteiger partial charge < -0.3 is 29.3 Å². The Morgan fingerprint density at radius 1 is 0.833 bits per heavy atom. The Labute approximate surface area is 278 Å². The highest BCUT2D eigenvalue weighted by molar-refractivity contribution is 6.52. The number of fused-ring (bicyclic) bond motifs is 1. The first-order valence-corrected chi connectivity index (χ1v) is 15.6. The number of amides is 3. The lowest BCUT2D eigenvalue weighted by molar-refractivity contribution is -0.139. The van der Waals surface area contributed by atoms with Gasteiger partial charge in [-0.25, -0.2) is 0 Å². The molecular weight excluding hydrogens is 612 g/mol. The van der Waals surface area contributed by atoms with Crippen molar-refractivity contribution in [3.05, 3.63) is 114 Å². The first kappa shape index (κ1) is 32.3. The van der Waals surface area contributed by atoms with Crippen LogP contribution in [0.25, 0.3) is 0 Å². The molecule has 11 heteroatoms. The highest BCUT2D eigenvalue weighted by atomic mass is 16.5. The van der Waals surface area contributed by atoms with E-state index in [1.165, 1.54) is 9.80 Å². The van der Waals surface area contributed by atoms with Gasteiger partial charge in [0.2, 0.25) is 5.91 Å². The smallest absolute Gasteiger partial charge is 0.299 e. The van der Waals surface area contributed by atoms with E-state index in [2.05, 4.69) is 10.2 Å². The number of morpholine rings is 1. The first-order chi connectivity index (χ1) is 23.4. The van der Waals surface area contributed by atoms with Crippen LogP contribution in [0.5, 0.6) is 11.5 Å². The zero-order valence-electron chi connectivity index (χ0n) is 26.8. The summed E-state index contributed by atoms with van der Waals surface area (Å²) >= 11 is 0. The van der Waals surface area contributed by atoms with Gasteiger partial charge in [-0.2, -0.15) is 0 Å². The lowest BCUT2D eigenvalue weighted by Crippen LogP contribution is -2.46. The Morgan fingerprint density at radius 3 is 2.10 bits per heavy atom. The summed E-state index contributed by atoms with van der Waals surface area (Å²) < 4.78 is 16.1. The van der Waals surface area contributed by atoms with Gasteiger partial charge in [0.25, 0.3) is 17.6 Å². The van der Waals surface area contributed by atoms with Crippen LogP contribution >= 0.6 is 0 Å². The molecule has 11 nitrogen and oxygen atoms in total. The molecule has 1 N–H and O–H groups in total. The number of methoxy groups -OCH3 is 2. The molecule has 0 radical (unpaired) electrons. The van der Waals surface area contributed by atoms with Crippen molar-refractivity contribution in [2.75, 3.05) is 62.2 Å². The Hall–Kier alpha value is -5.68. The minimum Gasteiger partial charge on any atom is -0.497 e. The maximum Gasteiger partial charge on any atom is 0.299 e. The number of carbonyl (C=O) groups excluding carboxylic acids is 4. The highest BCUT2D eigenvalue weighted by Crippen LogP contribution is 2.32. The second kappa shape index (κ2) is 14.4. The van der Waals surface area contributed by atoms with Crippen molar-refractivity contribution in [3.8, 4) is 11.5 Å². The highest BCUT2D eigenvalue weighted by Gasteiger charge is 2.39. The number of nitrogens with zero attached hydrogens (tertiary/aromatic N) is 3. The molecule has 1 fully saturated rings. The van der Waals surface area contributed by atoms with E-state index in [0.717, 1.165) is 24.3 Å². The predicted molar refractivity (Wildman–Crippen MR) is 181 cm³/mol. The fraction of sp³-hybridized carbons (Fsp3) is 0.243. The Bertz CT molecular complexity index is 1790. The number of nitrogens with one attached hydrogen (secondary N) is 1. The van der Waals surface area contributed by atoms with Gasteiger partial charge in [-0.3, -0.25) is 24.1 Å².